The highest BCUT2D eigenvalue weighted by Crippen LogP contribution is 2.29. The van der Waals surface area contributed by atoms with Gasteiger partial charge in [0.1, 0.15) is 11.5 Å². The lowest BCUT2D eigenvalue weighted by Crippen LogP contribution is -2.48. The van der Waals surface area contributed by atoms with E-state index in [0.29, 0.717) is 0 Å². The van der Waals surface area contributed by atoms with Crippen molar-refractivity contribution in [1.29, 1.82) is 0 Å². The van der Waals surface area contributed by atoms with E-state index in [2.05, 4.69) is 28.4 Å². The summed E-state index contributed by atoms with van der Waals surface area (Å²) in [4.78, 5) is 17.3. The first-order valence-corrected chi connectivity index (χ1v) is 11.0. The number of carbonyl (C=O) groups is 1. The zero-order valence-corrected chi connectivity index (χ0v) is 17.5. The molecule has 0 unspecified atom stereocenters. The molecule has 1 fully saturated rings. The van der Waals surface area contributed by atoms with Gasteiger partial charge in [0, 0.05) is 43.1 Å². The molecule has 2 amide bonds. The van der Waals surface area contributed by atoms with E-state index in [1.165, 1.54) is 11.3 Å². The second-order valence-electron chi connectivity index (χ2n) is 8.16. The number of nitrogens with one attached hydrogen (secondary N) is 1. The normalized spacial score (nSPS) is 17.0. The van der Waals surface area contributed by atoms with Gasteiger partial charge in [-0.1, -0.05) is 42.5 Å². The van der Waals surface area contributed by atoms with Crippen LogP contribution in [-0.4, -0.2) is 36.6 Å². The molecule has 3 aromatic carbocycles. The van der Waals surface area contributed by atoms with Crippen molar-refractivity contribution in [2.75, 3.05) is 29.9 Å². The maximum absolute atomic E-state index is 12.8. The average Bonchev–Trinajstić information content (AvgIpc) is 2.98. The van der Waals surface area contributed by atoms with Gasteiger partial charge in [-0.25, -0.2) is 4.79 Å². The first-order valence-electron chi connectivity index (χ1n) is 11.0. The van der Waals surface area contributed by atoms with Crippen LogP contribution in [-0.2, 0) is 6.42 Å². The Hall–Kier alpha value is -3.47. The number of hydrogen-bond acceptors (Lipinski definition) is 3. The van der Waals surface area contributed by atoms with E-state index < -0.39 is 0 Å². The van der Waals surface area contributed by atoms with E-state index in [0.717, 1.165) is 56.1 Å². The Morgan fingerprint density at radius 1 is 0.806 bits per heavy atom. The van der Waals surface area contributed by atoms with Gasteiger partial charge in [0.2, 0.25) is 0 Å². The minimum atomic E-state index is 0.0293. The van der Waals surface area contributed by atoms with E-state index >= 15 is 0 Å². The summed E-state index contributed by atoms with van der Waals surface area (Å²) in [5.74, 6) is 1.68. The molecule has 3 aromatic rings. The molecule has 2 aliphatic heterocycles. The second kappa shape index (κ2) is 8.72. The molecule has 31 heavy (non-hydrogen) atoms. The zero-order valence-electron chi connectivity index (χ0n) is 17.5. The highest BCUT2D eigenvalue weighted by atomic mass is 16.5. The van der Waals surface area contributed by atoms with Crippen LogP contribution in [0.4, 0.5) is 16.2 Å². The first-order chi connectivity index (χ1) is 15.3. The SMILES string of the molecule is O=C1Nc2ccccc2CCN1C1CCN(c2cccc(Oc3ccccc3)c2)CC1. The molecule has 0 aromatic heterocycles. The number of rotatable bonds is 4. The molecular formula is C26H27N3O2. The molecule has 158 valence electrons. The number of ether oxygens (including phenoxy) is 1. The van der Waals surface area contributed by atoms with Crippen LogP contribution in [0, 0.1) is 0 Å². The second-order valence-corrected chi connectivity index (χ2v) is 8.16. The Bertz CT molecular complexity index is 1050. The van der Waals surface area contributed by atoms with Crippen LogP contribution in [0.1, 0.15) is 18.4 Å². The zero-order chi connectivity index (χ0) is 21.0. The highest BCUT2D eigenvalue weighted by molar-refractivity contribution is 5.91. The molecular weight excluding hydrogens is 386 g/mol. The van der Waals surface area contributed by atoms with Gasteiger partial charge in [-0.15, -0.1) is 0 Å². The van der Waals surface area contributed by atoms with Gasteiger partial charge in [0.05, 0.1) is 0 Å². The molecule has 5 nitrogen and oxygen atoms in total. The van der Waals surface area contributed by atoms with Gasteiger partial charge < -0.3 is 19.9 Å². The van der Waals surface area contributed by atoms with Gasteiger partial charge in [0.25, 0.3) is 0 Å². The molecule has 0 spiro atoms. The Morgan fingerprint density at radius 3 is 2.39 bits per heavy atom. The number of nitrogens with zero attached hydrogens (tertiary/aromatic N) is 2. The number of benzene rings is 3. The Balaban J connectivity index is 1.22. The molecule has 2 heterocycles. The van der Waals surface area contributed by atoms with Crippen LogP contribution in [0.3, 0.4) is 0 Å². The number of carbonyl (C=O) groups excluding carboxylic acids is 1. The summed E-state index contributed by atoms with van der Waals surface area (Å²) < 4.78 is 6.00. The Morgan fingerprint density at radius 2 is 1.55 bits per heavy atom. The number of anilines is 2. The molecule has 2 aliphatic rings. The molecule has 0 saturated carbocycles. The highest BCUT2D eigenvalue weighted by Gasteiger charge is 2.30. The maximum atomic E-state index is 12.8. The number of piperidine rings is 1. The number of hydrogen-bond donors (Lipinski definition) is 1. The van der Waals surface area contributed by atoms with Crippen LogP contribution in [0.2, 0.25) is 0 Å². The van der Waals surface area contributed by atoms with Crippen molar-refractivity contribution < 1.29 is 9.53 Å². The molecule has 1 N–H and O–H groups in total. The van der Waals surface area contributed by atoms with Crippen molar-refractivity contribution >= 4 is 17.4 Å². The minimum Gasteiger partial charge on any atom is -0.457 e. The molecule has 1 saturated heterocycles. The summed E-state index contributed by atoms with van der Waals surface area (Å²) in [6.07, 6.45) is 2.83. The smallest absolute Gasteiger partial charge is 0.322 e. The summed E-state index contributed by atoms with van der Waals surface area (Å²) >= 11 is 0. The summed E-state index contributed by atoms with van der Waals surface area (Å²) in [7, 11) is 0. The Labute approximate surface area is 183 Å². The Kier molecular flexibility index (Phi) is 5.48. The summed E-state index contributed by atoms with van der Waals surface area (Å²) in [5.41, 5.74) is 3.33. The summed E-state index contributed by atoms with van der Waals surface area (Å²) in [6.45, 7) is 2.63. The summed E-state index contributed by atoms with van der Waals surface area (Å²) in [5, 5.41) is 3.10. The molecule has 5 rings (SSSR count). The fourth-order valence-electron chi connectivity index (χ4n) is 4.54. The molecule has 5 heteroatoms. The van der Waals surface area contributed by atoms with Crippen molar-refractivity contribution in [3.63, 3.8) is 0 Å². The average molecular weight is 414 g/mol. The number of fused-ring (bicyclic) bond motifs is 1. The van der Waals surface area contributed by atoms with Crippen molar-refractivity contribution in [3.05, 3.63) is 84.4 Å². The maximum Gasteiger partial charge on any atom is 0.322 e. The molecule has 0 atom stereocenters. The number of para-hydroxylation sites is 2. The fourth-order valence-corrected chi connectivity index (χ4v) is 4.54. The number of amides is 2. The predicted molar refractivity (Wildman–Crippen MR) is 124 cm³/mol. The van der Waals surface area contributed by atoms with Crippen molar-refractivity contribution in [1.82, 2.24) is 4.90 Å². The topological polar surface area (TPSA) is 44.8 Å². The molecule has 0 radical (unpaired) electrons. The lowest BCUT2D eigenvalue weighted by Gasteiger charge is -2.39. The van der Waals surface area contributed by atoms with Crippen molar-refractivity contribution in [3.8, 4) is 11.5 Å². The van der Waals surface area contributed by atoms with Crippen LogP contribution in [0.15, 0.2) is 78.9 Å². The van der Waals surface area contributed by atoms with Gasteiger partial charge in [-0.2, -0.15) is 0 Å². The third-order valence-electron chi connectivity index (χ3n) is 6.21. The number of urea groups is 1. The van der Waals surface area contributed by atoms with Gasteiger partial charge in [0.15, 0.2) is 0 Å². The van der Waals surface area contributed by atoms with Gasteiger partial charge in [-0.05, 0) is 55.2 Å². The van der Waals surface area contributed by atoms with E-state index in [9.17, 15) is 4.79 Å². The van der Waals surface area contributed by atoms with Crippen LogP contribution >= 0.6 is 0 Å². The van der Waals surface area contributed by atoms with Crippen LogP contribution in [0.25, 0.3) is 0 Å². The van der Waals surface area contributed by atoms with E-state index in [1.54, 1.807) is 0 Å². The van der Waals surface area contributed by atoms with Crippen molar-refractivity contribution in [2.24, 2.45) is 0 Å². The lowest BCUT2D eigenvalue weighted by molar-refractivity contribution is 0.177. The summed E-state index contributed by atoms with van der Waals surface area (Å²) in [6, 6.07) is 26.5. The van der Waals surface area contributed by atoms with E-state index in [1.807, 2.05) is 65.6 Å². The van der Waals surface area contributed by atoms with Crippen molar-refractivity contribution in [2.45, 2.75) is 25.3 Å². The van der Waals surface area contributed by atoms with Gasteiger partial charge >= 0.3 is 6.03 Å². The molecule has 0 aliphatic carbocycles. The monoisotopic (exact) mass is 413 g/mol. The quantitative estimate of drug-likeness (QED) is 0.611. The fraction of sp³-hybridized carbons (Fsp3) is 0.269. The first kappa shape index (κ1) is 19.5. The van der Waals surface area contributed by atoms with Crippen LogP contribution < -0.4 is 15.0 Å². The third kappa shape index (κ3) is 4.36. The van der Waals surface area contributed by atoms with E-state index in [-0.39, 0.29) is 12.1 Å². The lowest BCUT2D eigenvalue weighted by atomic mass is 10.0. The third-order valence-corrected chi connectivity index (χ3v) is 6.21. The largest absolute Gasteiger partial charge is 0.457 e. The minimum absolute atomic E-state index is 0.0293. The van der Waals surface area contributed by atoms with Gasteiger partial charge in [-0.3, -0.25) is 0 Å². The van der Waals surface area contributed by atoms with E-state index in [4.69, 9.17) is 4.74 Å². The van der Waals surface area contributed by atoms with Crippen LogP contribution in [0.5, 0.6) is 11.5 Å². The molecule has 0 bridgehead atoms. The predicted octanol–water partition coefficient (Wildman–Crippen LogP) is 5.54. The standard InChI is InChI=1S/C26H27N3O2/c30-26-27-25-12-5-4-7-20(25)13-18-29(26)21-14-16-28(17-15-21)22-8-6-11-24(19-22)31-23-9-2-1-3-10-23/h1-12,19,21H,13-18H2,(H,27,30).